The van der Waals surface area contributed by atoms with Gasteiger partial charge in [0.1, 0.15) is 0 Å². The predicted octanol–water partition coefficient (Wildman–Crippen LogP) is 1.06. The summed E-state index contributed by atoms with van der Waals surface area (Å²) >= 11 is 0. The van der Waals surface area contributed by atoms with Gasteiger partial charge in [-0.3, -0.25) is 14.4 Å². The van der Waals surface area contributed by atoms with Crippen molar-refractivity contribution in [2.75, 3.05) is 25.1 Å². The molecule has 2 rings (SSSR count). The Morgan fingerprint density at radius 2 is 1.92 bits per heavy atom. The van der Waals surface area contributed by atoms with Gasteiger partial charge in [-0.2, -0.15) is 0 Å². The van der Waals surface area contributed by atoms with E-state index in [0.29, 0.717) is 37.4 Å². The van der Waals surface area contributed by atoms with Crippen LogP contribution in [0.2, 0.25) is 0 Å². The zero-order chi connectivity index (χ0) is 17.4. The molecule has 0 atom stereocenters. The first-order valence-corrected chi connectivity index (χ1v) is 8.18. The van der Waals surface area contributed by atoms with Gasteiger partial charge >= 0.3 is 11.8 Å². The number of benzene rings is 1. The smallest absolute Gasteiger partial charge is 0.313 e. The molecule has 1 saturated carbocycles. The van der Waals surface area contributed by atoms with Crippen LogP contribution < -0.4 is 16.0 Å². The highest BCUT2D eigenvalue weighted by Gasteiger charge is 2.25. The van der Waals surface area contributed by atoms with Crippen molar-refractivity contribution in [2.45, 2.75) is 32.2 Å². The lowest BCUT2D eigenvalue weighted by Crippen LogP contribution is -2.37. The summed E-state index contributed by atoms with van der Waals surface area (Å²) in [6, 6.07) is 6.85. The molecule has 3 amide bonds. The highest BCUT2D eigenvalue weighted by molar-refractivity contribution is 6.40. The second-order valence-corrected chi connectivity index (χ2v) is 5.55. The first-order valence-electron chi connectivity index (χ1n) is 8.18. The fourth-order valence-corrected chi connectivity index (χ4v) is 2.06. The van der Waals surface area contributed by atoms with Crippen molar-refractivity contribution in [1.82, 2.24) is 10.6 Å². The number of anilines is 1. The fraction of sp³-hybridized carbons (Fsp3) is 0.471. The molecule has 3 N–H and O–H groups in total. The lowest BCUT2D eigenvalue weighted by molar-refractivity contribution is -0.136. The van der Waals surface area contributed by atoms with Crippen molar-refractivity contribution in [3.05, 3.63) is 29.8 Å². The van der Waals surface area contributed by atoms with Crippen LogP contribution in [-0.4, -0.2) is 43.5 Å². The molecule has 1 aliphatic rings. The molecule has 24 heavy (non-hydrogen) atoms. The molecule has 130 valence electrons. The van der Waals surface area contributed by atoms with Crippen LogP contribution in [0.3, 0.4) is 0 Å². The minimum Gasteiger partial charge on any atom is -0.382 e. The van der Waals surface area contributed by atoms with E-state index < -0.39 is 11.8 Å². The summed E-state index contributed by atoms with van der Waals surface area (Å²) in [5.41, 5.74) is 0.673. The SMILES string of the molecule is CCOCCCNC(=O)C(=O)Nc1ccccc1C(=O)NC1CC1. The van der Waals surface area contributed by atoms with Gasteiger partial charge in [-0.05, 0) is 38.3 Å². The number of rotatable bonds is 8. The van der Waals surface area contributed by atoms with Crippen molar-refractivity contribution >= 4 is 23.4 Å². The molecule has 0 aromatic heterocycles. The summed E-state index contributed by atoms with van der Waals surface area (Å²) in [5.74, 6) is -1.77. The van der Waals surface area contributed by atoms with Gasteiger partial charge in [0.05, 0.1) is 11.3 Å². The number of carbonyl (C=O) groups excluding carboxylic acids is 3. The van der Waals surface area contributed by atoms with Crippen LogP contribution in [-0.2, 0) is 14.3 Å². The maximum atomic E-state index is 12.2. The Morgan fingerprint density at radius 1 is 1.17 bits per heavy atom. The molecule has 1 fully saturated rings. The Kier molecular flexibility index (Phi) is 6.74. The Balaban J connectivity index is 1.86. The van der Waals surface area contributed by atoms with Crippen LogP contribution in [0.25, 0.3) is 0 Å². The number of carbonyl (C=O) groups is 3. The van der Waals surface area contributed by atoms with Crippen LogP contribution in [0.15, 0.2) is 24.3 Å². The monoisotopic (exact) mass is 333 g/mol. The molecule has 0 bridgehead atoms. The summed E-state index contributed by atoms with van der Waals surface area (Å²) in [7, 11) is 0. The molecule has 1 aromatic carbocycles. The zero-order valence-electron chi connectivity index (χ0n) is 13.8. The van der Waals surface area contributed by atoms with E-state index in [1.807, 2.05) is 6.92 Å². The largest absolute Gasteiger partial charge is 0.382 e. The van der Waals surface area contributed by atoms with E-state index in [9.17, 15) is 14.4 Å². The van der Waals surface area contributed by atoms with Crippen LogP contribution in [0.4, 0.5) is 5.69 Å². The Hall–Kier alpha value is -2.41. The third-order valence-corrected chi connectivity index (χ3v) is 3.49. The highest BCUT2D eigenvalue weighted by Crippen LogP contribution is 2.21. The number of amides is 3. The summed E-state index contributed by atoms with van der Waals surface area (Å²) in [5, 5.41) is 7.88. The van der Waals surface area contributed by atoms with Crippen LogP contribution in [0, 0.1) is 0 Å². The van der Waals surface area contributed by atoms with Gasteiger partial charge in [-0.25, -0.2) is 0 Å². The molecular weight excluding hydrogens is 310 g/mol. The van der Waals surface area contributed by atoms with Gasteiger partial charge in [0.2, 0.25) is 0 Å². The first kappa shape index (κ1) is 17.9. The second-order valence-electron chi connectivity index (χ2n) is 5.55. The average Bonchev–Trinajstić information content (AvgIpc) is 3.38. The third-order valence-electron chi connectivity index (χ3n) is 3.49. The number of hydrogen-bond acceptors (Lipinski definition) is 4. The van der Waals surface area contributed by atoms with E-state index in [2.05, 4.69) is 16.0 Å². The normalized spacial score (nSPS) is 13.2. The highest BCUT2D eigenvalue weighted by atomic mass is 16.5. The standard InChI is InChI=1S/C17H23N3O4/c1-2-24-11-5-10-18-16(22)17(23)20-14-7-4-3-6-13(14)15(21)19-12-8-9-12/h3-4,6-7,12H,2,5,8-11H2,1H3,(H,18,22)(H,19,21)(H,20,23). The fourth-order valence-electron chi connectivity index (χ4n) is 2.06. The Bertz CT molecular complexity index is 599. The lowest BCUT2D eigenvalue weighted by atomic mass is 10.1. The molecule has 0 heterocycles. The van der Waals surface area contributed by atoms with Crippen LogP contribution in [0.1, 0.15) is 36.5 Å². The molecule has 0 saturated heterocycles. The molecular formula is C17H23N3O4. The van der Waals surface area contributed by atoms with E-state index >= 15 is 0 Å². The van der Waals surface area contributed by atoms with E-state index in [0.717, 1.165) is 12.8 Å². The van der Waals surface area contributed by atoms with Crippen molar-refractivity contribution < 1.29 is 19.1 Å². The minimum absolute atomic E-state index is 0.217. The third kappa shape index (κ3) is 5.66. The van der Waals surface area contributed by atoms with Gasteiger partial charge in [-0.15, -0.1) is 0 Å². The Morgan fingerprint density at radius 3 is 2.62 bits per heavy atom. The second kappa shape index (κ2) is 9.02. The number of para-hydroxylation sites is 1. The zero-order valence-corrected chi connectivity index (χ0v) is 13.8. The molecule has 1 aromatic rings. The van der Waals surface area contributed by atoms with Crippen LogP contribution >= 0.6 is 0 Å². The summed E-state index contributed by atoms with van der Waals surface area (Å²) < 4.78 is 5.15. The maximum absolute atomic E-state index is 12.2. The Labute approximate surface area is 141 Å². The number of hydrogen-bond donors (Lipinski definition) is 3. The molecule has 1 aliphatic carbocycles. The van der Waals surface area contributed by atoms with Crippen molar-refractivity contribution in [2.24, 2.45) is 0 Å². The summed E-state index contributed by atoms with van der Waals surface area (Å²) in [6.45, 7) is 3.40. The quantitative estimate of drug-likeness (QED) is 0.489. The predicted molar refractivity (Wildman–Crippen MR) is 89.7 cm³/mol. The van der Waals surface area contributed by atoms with E-state index in [-0.39, 0.29) is 11.9 Å². The van der Waals surface area contributed by atoms with Gasteiger partial charge in [0.15, 0.2) is 0 Å². The van der Waals surface area contributed by atoms with E-state index in [1.54, 1.807) is 24.3 Å². The molecule has 0 radical (unpaired) electrons. The molecule has 7 heteroatoms. The number of nitrogens with one attached hydrogen (secondary N) is 3. The van der Waals surface area contributed by atoms with Gasteiger partial charge in [-0.1, -0.05) is 12.1 Å². The average molecular weight is 333 g/mol. The molecule has 0 unspecified atom stereocenters. The molecule has 7 nitrogen and oxygen atoms in total. The van der Waals surface area contributed by atoms with E-state index in [1.165, 1.54) is 0 Å². The number of ether oxygens (including phenoxy) is 1. The summed E-state index contributed by atoms with van der Waals surface area (Å²) in [4.78, 5) is 35.9. The van der Waals surface area contributed by atoms with Gasteiger partial charge < -0.3 is 20.7 Å². The lowest BCUT2D eigenvalue weighted by Gasteiger charge is -2.11. The van der Waals surface area contributed by atoms with Crippen LogP contribution in [0.5, 0.6) is 0 Å². The van der Waals surface area contributed by atoms with Crippen molar-refractivity contribution in [1.29, 1.82) is 0 Å². The topological polar surface area (TPSA) is 96.5 Å². The van der Waals surface area contributed by atoms with E-state index in [4.69, 9.17) is 4.74 Å². The summed E-state index contributed by atoms with van der Waals surface area (Å²) in [6.07, 6.45) is 2.59. The van der Waals surface area contributed by atoms with Gasteiger partial charge in [0.25, 0.3) is 5.91 Å². The maximum Gasteiger partial charge on any atom is 0.313 e. The van der Waals surface area contributed by atoms with Crippen molar-refractivity contribution in [3.8, 4) is 0 Å². The minimum atomic E-state index is -0.793. The molecule has 0 aliphatic heterocycles. The van der Waals surface area contributed by atoms with Crippen molar-refractivity contribution in [3.63, 3.8) is 0 Å². The molecule has 0 spiro atoms. The first-order chi connectivity index (χ1) is 11.6. The van der Waals surface area contributed by atoms with Gasteiger partial charge in [0, 0.05) is 25.8 Å².